The summed E-state index contributed by atoms with van der Waals surface area (Å²) < 4.78 is 1.26. The number of halogens is 1. The first kappa shape index (κ1) is 7.79. The molecule has 1 rings (SSSR count). The lowest BCUT2D eigenvalue weighted by molar-refractivity contribution is 1.50. The third kappa shape index (κ3) is 2.14. The van der Waals surface area contributed by atoms with Gasteiger partial charge in [0.05, 0.1) is 0 Å². The first-order valence-corrected chi connectivity index (χ1v) is 4.12. The summed E-state index contributed by atoms with van der Waals surface area (Å²) in [6.07, 6.45) is 3.79. The van der Waals surface area contributed by atoms with Gasteiger partial charge in [-0.2, -0.15) is 0 Å². The Hall–Kier alpha value is -0.310. The topological polar surface area (TPSA) is 0 Å². The lowest BCUT2D eigenvalue weighted by Gasteiger charge is -1.94. The zero-order chi connectivity index (χ0) is 7.40. The molecule has 0 aliphatic heterocycles. The van der Waals surface area contributed by atoms with E-state index in [0.717, 1.165) is 0 Å². The molecule has 0 aromatic heterocycles. The van der Waals surface area contributed by atoms with Crippen LogP contribution in [0.4, 0.5) is 0 Å². The fourth-order valence-electron chi connectivity index (χ4n) is 0.746. The maximum absolute atomic E-state index is 3.63. The lowest BCUT2D eigenvalue weighted by atomic mass is 10.2. The summed E-state index contributed by atoms with van der Waals surface area (Å²) in [4.78, 5) is 0. The van der Waals surface area contributed by atoms with Crippen molar-refractivity contribution in [2.75, 3.05) is 0 Å². The first-order valence-electron chi connectivity index (χ1n) is 3.04. The summed E-state index contributed by atoms with van der Waals surface area (Å²) in [5.41, 5.74) is 1.21. The lowest BCUT2D eigenvalue weighted by Crippen LogP contribution is -1.77. The highest BCUT2D eigenvalue weighted by molar-refractivity contribution is 14.1. The van der Waals surface area contributed by atoms with Crippen LogP contribution in [-0.4, -0.2) is 0 Å². The molecule has 0 saturated heterocycles. The van der Waals surface area contributed by atoms with Crippen molar-refractivity contribution in [1.82, 2.24) is 0 Å². The molecule has 0 saturated carbocycles. The number of allylic oxidation sites excluding steroid dienone is 1. The second-order valence-corrected chi connectivity index (χ2v) is 3.20. The molecule has 51 valence electrons. The molecular formula is C9H8I. The van der Waals surface area contributed by atoms with Crippen LogP contribution in [0.15, 0.2) is 36.9 Å². The Bertz CT molecular complexity index is 228. The smallest absolute Gasteiger partial charge is 0.0133 e. The van der Waals surface area contributed by atoms with Crippen LogP contribution in [0.3, 0.4) is 0 Å². The highest BCUT2D eigenvalue weighted by Crippen LogP contribution is 2.09. The van der Waals surface area contributed by atoms with Crippen molar-refractivity contribution < 1.29 is 0 Å². The largest absolute Gasteiger partial charge is 0.102 e. The standard InChI is InChI=1S/C9H8I/c1-2-4-8-5-3-6-9(10)7-8/h2-7H,1H2. The Morgan fingerprint density at radius 2 is 2.20 bits per heavy atom. The summed E-state index contributed by atoms with van der Waals surface area (Å²) in [5.74, 6) is 0. The molecule has 0 N–H and O–H groups in total. The molecule has 1 aromatic carbocycles. The van der Waals surface area contributed by atoms with E-state index in [1.165, 1.54) is 9.13 Å². The van der Waals surface area contributed by atoms with Gasteiger partial charge < -0.3 is 0 Å². The normalized spacial score (nSPS) is 9.30. The van der Waals surface area contributed by atoms with Crippen LogP contribution < -0.4 is 0 Å². The van der Waals surface area contributed by atoms with Crippen LogP contribution in [0, 0.1) is 9.99 Å². The Morgan fingerprint density at radius 3 is 2.80 bits per heavy atom. The zero-order valence-corrected chi connectivity index (χ0v) is 7.71. The minimum absolute atomic E-state index is 1.21. The molecule has 0 atom stereocenters. The van der Waals surface area contributed by atoms with Crippen molar-refractivity contribution in [2.24, 2.45) is 0 Å². The molecule has 1 heteroatoms. The number of rotatable bonds is 2. The van der Waals surface area contributed by atoms with Gasteiger partial charge in [0.1, 0.15) is 0 Å². The fraction of sp³-hybridized carbons (Fsp3) is 0. The van der Waals surface area contributed by atoms with E-state index in [1.54, 1.807) is 6.08 Å². The van der Waals surface area contributed by atoms with Gasteiger partial charge in [0.2, 0.25) is 0 Å². The predicted molar refractivity (Wildman–Crippen MR) is 52.8 cm³/mol. The van der Waals surface area contributed by atoms with Gasteiger partial charge in [-0.05, 0) is 40.3 Å². The summed E-state index contributed by atoms with van der Waals surface area (Å²) in [6.45, 7) is 3.63. The molecule has 1 aromatic rings. The second kappa shape index (κ2) is 3.76. The molecule has 1 radical (unpaired) electrons. The number of hydrogen-bond donors (Lipinski definition) is 0. The quantitative estimate of drug-likeness (QED) is 0.700. The molecule has 0 bridgehead atoms. The van der Waals surface area contributed by atoms with Crippen LogP contribution in [0.1, 0.15) is 5.56 Å². The Balaban J connectivity index is 2.84. The maximum atomic E-state index is 3.63. The van der Waals surface area contributed by atoms with E-state index in [2.05, 4.69) is 47.4 Å². The molecule has 0 amide bonds. The van der Waals surface area contributed by atoms with E-state index in [4.69, 9.17) is 0 Å². The van der Waals surface area contributed by atoms with Gasteiger partial charge in [-0.15, -0.1) is 6.58 Å². The average Bonchev–Trinajstić information content (AvgIpc) is 1.88. The predicted octanol–water partition coefficient (Wildman–Crippen LogP) is 3.03. The molecule has 0 unspecified atom stereocenters. The monoisotopic (exact) mass is 243 g/mol. The summed E-state index contributed by atoms with van der Waals surface area (Å²) >= 11 is 2.29. The van der Waals surface area contributed by atoms with Crippen molar-refractivity contribution in [2.45, 2.75) is 0 Å². The van der Waals surface area contributed by atoms with Gasteiger partial charge in [-0.1, -0.05) is 18.2 Å². The van der Waals surface area contributed by atoms with Crippen molar-refractivity contribution in [3.05, 3.63) is 52.5 Å². The third-order valence-electron chi connectivity index (χ3n) is 1.16. The molecule has 0 nitrogen and oxygen atoms in total. The SMILES string of the molecule is C=C[CH]c1cccc(I)c1. The van der Waals surface area contributed by atoms with E-state index in [9.17, 15) is 0 Å². The third-order valence-corrected chi connectivity index (χ3v) is 1.83. The van der Waals surface area contributed by atoms with Gasteiger partial charge in [-0.25, -0.2) is 0 Å². The fourth-order valence-corrected chi connectivity index (χ4v) is 1.31. The van der Waals surface area contributed by atoms with Crippen LogP contribution in [0.5, 0.6) is 0 Å². The maximum Gasteiger partial charge on any atom is 0.0133 e. The summed E-state index contributed by atoms with van der Waals surface area (Å²) in [5, 5.41) is 0. The van der Waals surface area contributed by atoms with Crippen LogP contribution >= 0.6 is 22.6 Å². The zero-order valence-electron chi connectivity index (χ0n) is 5.55. The first-order chi connectivity index (χ1) is 4.83. The van der Waals surface area contributed by atoms with Crippen molar-refractivity contribution in [1.29, 1.82) is 0 Å². The number of benzene rings is 1. The minimum Gasteiger partial charge on any atom is -0.102 e. The molecule has 0 spiro atoms. The van der Waals surface area contributed by atoms with Crippen LogP contribution in [0.2, 0.25) is 0 Å². The molecule has 0 aliphatic carbocycles. The van der Waals surface area contributed by atoms with Crippen molar-refractivity contribution in [3.63, 3.8) is 0 Å². The van der Waals surface area contributed by atoms with Crippen molar-refractivity contribution in [3.8, 4) is 0 Å². The van der Waals surface area contributed by atoms with Crippen LogP contribution in [0.25, 0.3) is 0 Å². The van der Waals surface area contributed by atoms with Gasteiger partial charge in [0.25, 0.3) is 0 Å². The highest BCUT2D eigenvalue weighted by atomic mass is 127. The van der Waals surface area contributed by atoms with E-state index < -0.39 is 0 Å². The Kier molecular flexibility index (Phi) is 2.93. The molecular weight excluding hydrogens is 235 g/mol. The van der Waals surface area contributed by atoms with Crippen LogP contribution in [-0.2, 0) is 0 Å². The molecule has 0 fully saturated rings. The summed E-state index contributed by atoms with van der Waals surface area (Å²) in [7, 11) is 0. The van der Waals surface area contributed by atoms with Crippen molar-refractivity contribution >= 4 is 22.6 Å². The van der Waals surface area contributed by atoms with E-state index in [0.29, 0.717) is 0 Å². The second-order valence-electron chi connectivity index (χ2n) is 1.96. The number of hydrogen-bond acceptors (Lipinski definition) is 0. The average molecular weight is 243 g/mol. The highest BCUT2D eigenvalue weighted by Gasteiger charge is 1.88. The van der Waals surface area contributed by atoms with E-state index in [-0.39, 0.29) is 0 Å². The van der Waals surface area contributed by atoms with E-state index >= 15 is 0 Å². The minimum atomic E-state index is 1.21. The molecule has 10 heavy (non-hydrogen) atoms. The Labute approximate surface area is 75.1 Å². The van der Waals surface area contributed by atoms with Gasteiger partial charge in [0.15, 0.2) is 0 Å². The van der Waals surface area contributed by atoms with Gasteiger partial charge >= 0.3 is 0 Å². The van der Waals surface area contributed by atoms with Gasteiger partial charge in [0, 0.05) is 9.99 Å². The molecule has 0 aliphatic rings. The van der Waals surface area contributed by atoms with E-state index in [1.807, 2.05) is 12.5 Å². The van der Waals surface area contributed by atoms with Gasteiger partial charge in [-0.3, -0.25) is 0 Å². The summed E-state index contributed by atoms with van der Waals surface area (Å²) in [6, 6.07) is 8.28. The molecule has 0 heterocycles. The Morgan fingerprint density at radius 1 is 1.40 bits per heavy atom.